The number of carbonyl (C=O) groups excluding carboxylic acids is 10. The number of β-amino-alcohol motifs (C(OH)–C–C–N with tert-alkyl or cyclic N) is 1. The molecule has 1 aliphatic carbocycles. The SMILES string of the molecule is NCCCC[C@H](NC(=O)CCCCCNC(=O)CN1CCN(CC(=O)O)CCN(CC(=O)O)CCN(CC(=O)O)CC1)C(=O)N[C@@H](CCCN=C(N)N)C(=O)N1CCC[C@H]1C(=O)N1C[C@H](O)C[C@H]1C(=O)NCC(=O)N[C@@H](CC1CCCCC1)C(=O)N[C@@H](CO)C(=O)N1CCC[C@H]1C(=O)N[C@@H](Cc1ccccc1)C(=O)O. The molecule has 614 valence electrons. The van der Waals surface area contributed by atoms with Crippen molar-refractivity contribution >= 4 is 88.9 Å². The van der Waals surface area contributed by atoms with Gasteiger partial charge in [-0.1, -0.05) is 68.9 Å². The lowest BCUT2D eigenvalue weighted by molar-refractivity contribution is -0.148. The molecule has 1 saturated carbocycles. The van der Waals surface area contributed by atoms with E-state index >= 15 is 0 Å². The summed E-state index contributed by atoms with van der Waals surface area (Å²) >= 11 is 0. The Morgan fingerprint density at radius 3 is 1.62 bits per heavy atom. The minimum Gasteiger partial charge on any atom is -0.480 e. The number of aliphatic carboxylic acids is 4. The van der Waals surface area contributed by atoms with Crippen molar-refractivity contribution in [3.63, 3.8) is 0 Å². The number of amides is 10. The van der Waals surface area contributed by atoms with Gasteiger partial charge in [-0.3, -0.25) is 86.9 Å². The molecular weight excluding hydrogens is 1440 g/mol. The van der Waals surface area contributed by atoms with E-state index in [4.69, 9.17) is 17.2 Å². The summed E-state index contributed by atoms with van der Waals surface area (Å²) in [5, 5.41) is 78.9. The van der Waals surface area contributed by atoms with E-state index in [2.05, 4.69) is 42.2 Å². The Hall–Kier alpha value is -9.21. The number of hydrogen-bond donors (Lipinski definition) is 16. The summed E-state index contributed by atoms with van der Waals surface area (Å²) in [5.74, 6) is -11.6. The van der Waals surface area contributed by atoms with Gasteiger partial charge in [0.2, 0.25) is 59.1 Å². The number of likely N-dealkylation sites (tertiary alicyclic amines) is 3. The molecule has 5 fully saturated rings. The van der Waals surface area contributed by atoms with Crippen molar-refractivity contribution in [2.24, 2.45) is 28.1 Å². The molecule has 0 bridgehead atoms. The van der Waals surface area contributed by atoms with Gasteiger partial charge in [0.25, 0.3) is 0 Å². The van der Waals surface area contributed by atoms with Gasteiger partial charge >= 0.3 is 23.9 Å². The van der Waals surface area contributed by atoms with Gasteiger partial charge in [0.1, 0.15) is 48.3 Å². The third kappa shape index (κ3) is 30.9. The zero-order valence-electron chi connectivity index (χ0n) is 62.9. The second-order valence-electron chi connectivity index (χ2n) is 29.0. The normalized spacial score (nSPS) is 20.6. The highest BCUT2D eigenvalue weighted by Crippen LogP contribution is 2.29. The average molecular weight is 1550 g/mol. The molecule has 110 heavy (non-hydrogen) atoms. The number of nitrogens with one attached hydrogen (secondary N) is 7. The number of nitrogens with zero attached hydrogens (tertiary/aromatic N) is 8. The number of unbranched alkanes of at least 4 members (excludes halogenated alkanes) is 3. The number of hydrogen-bond acceptors (Lipinski definition) is 22. The monoisotopic (exact) mass is 1550 g/mol. The van der Waals surface area contributed by atoms with Gasteiger partial charge in [0.15, 0.2) is 5.96 Å². The van der Waals surface area contributed by atoms with Crippen LogP contribution in [0.3, 0.4) is 0 Å². The van der Waals surface area contributed by atoms with Crippen LogP contribution < -0.4 is 54.4 Å². The Labute approximate surface area is 640 Å². The molecule has 10 amide bonds. The number of guanidine groups is 1. The van der Waals surface area contributed by atoms with Gasteiger partial charge in [-0.05, 0) is 95.1 Å². The number of aliphatic imine (C=N–C) groups is 1. The first-order valence-corrected chi connectivity index (χ1v) is 38.4. The maximum Gasteiger partial charge on any atom is 0.326 e. The fourth-order valence-electron chi connectivity index (χ4n) is 14.7. The van der Waals surface area contributed by atoms with Crippen LogP contribution in [0.25, 0.3) is 0 Å². The molecule has 0 radical (unpaired) electrons. The summed E-state index contributed by atoms with van der Waals surface area (Å²) in [6.45, 7) is -0.310. The molecule has 0 unspecified atom stereocenters. The van der Waals surface area contributed by atoms with E-state index in [1.807, 2.05) is 0 Å². The molecule has 4 saturated heterocycles. The second-order valence-corrected chi connectivity index (χ2v) is 29.0. The fraction of sp³-hybridized carbons (Fsp3) is 0.708. The van der Waals surface area contributed by atoms with Crippen molar-refractivity contribution in [2.45, 2.75) is 189 Å². The van der Waals surface area contributed by atoms with Gasteiger partial charge < -0.3 is 99.8 Å². The van der Waals surface area contributed by atoms with Crippen LogP contribution in [0.5, 0.6) is 0 Å². The predicted molar refractivity (Wildman–Crippen MR) is 397 cm³/mol. The minimum absolute atomic E-state index is 0.00755. The first kappa shape index (κ1) is 89.7. The van der Waals surface area contributed by atoms with Crippen LogP contribution in [0.2, 0.25) is 0 Å². The molecule has 1 aromatic rings. The Balaban J connectivity index is 1.03. The number of aliphatic hydroxyl groups excluding tert-OH is 2. The lowest BCUT2D eigenvalue weighted by atomic mass is 9.84. The van der Waals surface area contributed by atoms with Crippen molar-refractivity contribution < 1.29 is 97.8 Å². The quantitative estimate of drug-likeness (QED) is 0.0166. The first-order valence-electron chi connectivity index (χ1n) is 38.4. The maximum absolute atomic E-state index is 14.8. The number of carboxylic acids is 4. The first-order chi connectivity index (χ1) is 52.6. The average Bonchev–Trinajstić information content (AvgIpc) is 1.62. The standard InChI is InChI=1S/C72H116N18O20/c73-24-10-9-19-50(79-58(93)23-8-3-11-25-76-60(95)42-84-29-31-85(43-61(96)97)33-35-87(45-63(100)101)36-34-86(32-30-84)44-62(98)99)64(102)81-51(20-12-26-77-72(74)75)68(106)89-28-14-22-56(89)70(108)90-41-49(92)39-57(90)66(104)78-40-59(94)80-52(37-47-15-4-1-5-16-47)65(103)83-54(46-91)69(107)88-27-13-21-55(88)67(105)82-53(71(109)110)38-48-17-6-2-7-18-48/h2,6-7,17-18,47,49-57,91-92H,1,3-5,8-16,19-46,73H2,(H,76,95)(H,78,104)(H,79,93)(H,80,94)(H,81,102)(H,82,105)(H,83,103)(H,96,97)(H,98,99)(H,100,101)(H,109,110)(H4,74,75,77)/t49-,50+,51+,52+,53+,54+,55+,56+,57+/m1/s1. The second kappa shape index (κ2) is 47.1. The Bertz CT molecular complexity index is 3240. The van der Waals surface area contributed by atoms with E-state index in [1.165, 1.54) is 9.80 Å². The number of rotatable bonds is 42. The summed E-state index contributed by atoms with van der Waals surface area (Å²) in [4.78, 5) is 202. The third-order valence-corrected chi connectivity index (χ3v) is 20.5. The fourth-order valence-corrected chi connectivity index (χ4v) is 14.7. The van der Waals surface area contributed by atoms with E-state index < -0.39 is 145 Å². The van der Waals surface area contributed by atoms with Crippen LogP contribution >= 0.6 is 0 Å². The molecule has 9 atom stereocenters. The van der Waals surface area contributed by atoms with Crippen LogP contribution in [-0.4, -0.2) is 339 Å². The van der Waals surface area contributed by atoms with Crippen LogP contribution in [0, 0.1) is 5.92 Å². The summed E-state index contributed by atoms with van der Waals surface area (Å²) < 4.78 is 0. The maximum atomic E-state index is 14.8. The molecule has 6 rings (SSSR count). The Morgan fingerprint density at radius 1 is 0.500 bits per heavy atom. The number of nitrogens with two attached hydrogens (primary N) is 3. The highest BCUT2D eigenvalue weighted by Gasteiger charge is 2.47. The van der Waals surface area contributed by atoms with Crippen molar-refractivity contribution in [1.29, 1.82) is 0 Å². The van der Waals surface area contributed by atoms with Gasteiger partial charge in [-0.15, -0.1) is 0 Å². The Morgan fingerprint density at radius 2 is 1.05 bits per heavy atom. The number of carbonyl (C=O) groups is 14. The molecule has 4 aliphatic heterocycles. The molecule has 19 N–H and O–H groups in total. The third-order valence-electron chi connectivity index (χ3n) is 20.5. The number of carboxylic acid groups (broad SMARTS) is 4. The zero-order chi connectivity index (χ0) is 80.2. The minimum atomic E-state index is -1.57. The molecule has 1 aromatic carbocycles. The van der Waals surface area contributed by atoms with Gasteiger partial charge in [-0.2, -0.15) is 0 Å². The van der Waals surface area contributed by atoms with Crippen molar-refractivity contribution in [2.75, 3.05) is 131 Å². The molecule has 38 heteroatoms. The van der Waals surface area contributed by atoms with E-state index in [1.54, 1.807) is 49.9 Å². The Kier molecular flexibility index (Phi) is 38.4. The summed E-state index contributed by atoms with van der Waals surface area (Å²) in [7, 11) is 0. The van der Waals surface area contributed by atoms with Crippen molar-refractivity contribution in [1.82, 2.24) is 71.5 Å². The van der Waals surface area contributed by atoms with Gasteiger partial charge in [-0.25, -0.2) is 4.79 Å². The lowest BCUT2D eigenvalue weighted by Crippen LogP contribution is -2.59. The summed E-state index contributed by atoms with van der Waals surface area (Å²) in [6.07, 6.45) is 6.45. The molecule has 0 aromatic heterocycles. The molecular formula is C72H116N18O20. The molecule has 4 heterocycles. The van der Waals surface area contributed by atoms with Crippen molar-refractivity contribution in [3.05, 3.63) is 35.9 Å². The number of benzene rings is 1. The summed E-state index contributed by atoms with van der Waals surface area (Å²) in [6, 6.07) is -1.49. The number of aliphatic hydroxyl groups is 2. The smallest absolute Gasteiger partial charge is 0.326 e. The van der Waals surface area contributed by atoms with E-state index in [-0.39, 0.29) is 193 Å². The highest BCUT2D eigenvalue weighted by molar-refractivity contribution is 5.98. The zero-order valence-corrected chi connectivity index (χ0v) is 62.9. The molecule has 38 nitrogen and oxygen atoms in total. The van der Waals surface area contributed by atoms with E-state index in [0.717, 1.165) is 37.0 Å². The van der Waals surface area contributed by atoms with Crippen LogP contribution in [0.1, 0.15) is 134 Å². The largest absolute Gasteiger partial charge is 0.480 e. The van der Waals surface area contributed by atoms with Crippen LogP contribution in [0.4, 0.5) is 0 Å². The lowest BCUT2D eigenvalue weighted by Gasteiger charge is -2.33. The van der Waals surface area contributed by atoms with Gasteiger partial charge in [0, 0.05) is 104 Å². The topological polar surface area (TPSA) is 558 Å². The van der Waals surface area contributed by atoms with Crippen LogP contribution in [0.15, 0.2) is 35.3 Å². The van der Waals surface area contributed by atoms with E-state index in [9.17, 15) is 97.8 Å². The summed E-state index contributed by atoms with van der Waals surface area (Å²) in [5.41, 5.74) is 17.7. The van der Waals surface area contributed by atoms with Gasteiger partial charge in [0.05, 0.1) is 45.4 Å². The predicted octanol–water partition coefficient (Wildman–Crippen LogP) is -4.90. The van der Waals surface area contributed by atoms with E-state index in [0.29, 0.717) is 50.5 Å². The molecule has 5 aliphatic rings. The highest BCUT2D eigenvalue weighted by atomic mass is 16.4. The van der Waals surface area contributed by atoms with Crippen molar-refractivity contribution in [3.8, 4) is 0 Å². The molecule has 0 spiro atoms. The van der Waals surface area contributed by atoms with Crippen LogP contribution in [-0.2, 0) is 73.5 Å².